The number of methoxy groups -OCH3 is 1. The van der Waals surface area contributed by atoms with Gasteiger partial charge in [-0.1, -0.05) is 12.1 Å². The molecule has 0 spiro atoms. The second-order valence-electron chi connectivity index (χ2n) is 4.90. The minimum Gasteiger partial charge on any atom is -0.491 e. The molecule has 0 saturated carbocycles. The van der Waals surface area contributed by atoms with Crippen LogP contribution < -0.4 is 10.5 Å². The molecule has 1 aromatic carbocycles. The minimum absolute atomic E-state index is 0.191. The topological polar surface area (TPSA) is 85.0 Å². The quantitative estimate of drug-likeness (QED) is 0.641. The summed E-state index contributed by atoms with van der Waals surface area (Å²) in [6.07, 6.45) is -0.326. The molecule has 0 aromatic heterocycles. The molecular weight excluding hydrogens is 272 g/mol. The SMILES string of the molecule is COC(=O)CCN(C)CC(O)COc1cccc(CN)c1. The third-order valence-electron chi connectivity index (χ3n) is 3.02. The highest BCUT2D eigenvalue weighted by atomic mass is 16.5. The Balaban J connectivity index is 2.29. The van der Waals surface area contributed by atoms with Crippen LogP contribution in [-0.2, 0) is 16.1 Å². The number of benzene rings is 1. The molecule has 0 aliphatic heterocycles. The molecule has 0 radical (unpaired) electrons. The Labute approximate surface area is 125 Å². The third kappa shape index (κ3) is 7.08. The van der Waals surface area contributed by atoms with E-state index in [9.17, 15) is 9.90 Å². The molecule has 0 aliphatic rings. The van der Waals surface area contributed by atoms with Gasteiger partial charge in [0.05, 0.1) is 13.5 Å². The predicted octanol–water partition coefficient (Wildman–Crippen LogP) is 0.380. The molecule has 6 nitrogen and oxygen atoms in total. The number of carbonyl (C=O) groups excluding carboxylic acids is 1. The second kappa shape index (κ2) is 9.33. The molecule has 0 amide bonds. The number of esters is 1. The summed E-state index contributed by atoms with van der Waals surface area (Å²) in [5, 5.41) is 9.92. The van der Waals surface area contributed by atoms with Gasteiger partial charge in [0.25, 0.3) is 0 Å². The Morgan fingerprint density at radius 1 is 1.48 bits per heavy atom. The molecule has 0 fully saturated rings. The number of ether oxygens (including phenoxy) is 2. The van der Waals surface area contributed by atoms with E-state index in [-0.39, 0.29) is 12.6 Å². The number of aliphatic hydroxyl groups is 1. The number of rotatable bonds is 9. The molecule has 1 atom stereocenters. The molecule has 118 valence electrons. The summed E-state index contributed by atoms with van der Waals surface area (Å²) in [5.74, 6) is 0.431. The minimum atomic E-state index is -0.630. The van der Waals surface area contributed by atoms with Crippen molar-refractivity contribution in [3.05, 3.63) is 29.8 Å². The Morgan fingerprint density at radius 2 is 2.24 bits per heavy atom. The first-order valence-electron chi connectivity index (χ1n) is 6.90. The van der Waals surface area contributed by atoms with Crippen LogP contribution in [0.3, 0.4) is 0 Å². The van der Waals surface area contributed by atoms with Crippen molar-refractivity contribution in [1.29, 1.82) is 0 Å². The normalized spacial score (nSPS) is 12.2. The summed E-state index contributed by atoms with van der Waals surface area (Å²) in [6.45, 7) is 1.60. The van der Waals surface area contributed by atoms with Gasteiger partial charge in [0.15, 0.2) is 0 Å². The summed E-state index contributed by atoms with van der Waals surface area (Å²) < 4.78 is 10.1. The monoisotopic (exact) mass is 296 g/mol. The van der Waals surface area contributed by atoms with Gasteiger partial charge in [0.1, 0.15) is 18.5 Å². The average Bonchev–Trinajstić information content (AvgIpc) is 2.50. The van der Waals surface area contributed by atoms with E-state index in [2.05, 4.69) is 4.74 Å². The van der Waals surface area contributed by atoms with Gasteiger partial charge in [-0.2, -0.15) is 0 Å². The number of nitrogens with two attached hydrogens (primary N) is 1. The largest absolute Gasteiger partial charge is 0.491 e. The third-order valence-corrected chi connectivity index (χ3v) is 3.02. The molecular formula is C15H24N2O4. The lowest BCUT2D eigenvalue weighted by atomic mass is 10.2. The molecule has 0 aliphatic carbocycles. The van der Waals surface area contributed by atoms with E-state index in [4.69, 9.17) is 10.5 Å². The van der Waals surface area contributed by atoms with Crippen molar-refractivity contribution in [2.75, 3.05) is 33.9 Å². The maximum absolute atomic E-state index is 11.0. The maximum Gasteiger partial charge on any atom is 0.306 e. The van der Waals surface area contributed by atoms with Gasteiger partial charge in [0.2, 0.25) is 0 Å². The summed E-state index contributed by atoms with van der Waals surface area (Å²) in [6, 6.07) is 7.47. The Morgan fingerprint density at radius 3 is 2.90 bits per heavy atom. The lowest BCUT2D eigenvalue weighted by molar-refractivity contribution is -0.141. The van der Waals surface area contributed by atoms with Crippen LogP contribution in [0, 0.1) is 0 Å². The van der Waals surface area contributed by atoms with Crippen molar-refractivity contribution in [2.45, 2.75) is 19.1 Å². The van der Waals surface area contributed by atoms with E-state index >= 15 is 0 Å². The first-order valence-corrected chi connectivity index (χ1v) is 6.90. The number of likely N-dealkylation sites (N-methyl/N-ethyl adjacent to an activating group) is 1. The molecule has 1 aromatic rings. The van der Waals surface area contributed by atoms with Crippen LogP contribution in [0.25, 0.3) is 0 Å². The average molecular weight is 296 g/mol. The zero-order valence-electron chi connectivity index (χ0n) is 12.6. The van der Waals surface area contributed by atoms with Crippen molar-refractivity contribution in [3.8, 4) is 5.75 Å². The molecule has 6 heteroatoms. The number of nitrogens with zero attached hydrogens (tertiary/aromatic N) is 1. The fourth-order valence-electron chi connectivity index (χ4n) is 1.84. The van der Waals surface area contributed by atoms with Crippen molar-refractivity contribution >= 4 is 5.97 Å². The number of carbonyl (C=O) groups is 1. The first kappa shape index (κ1) is 17.4. The van der Waals surface area contributed by atoms with Gasteiger partial charge in [-0.25, -0.2) is 0 Å². The number of hydrogen-bond acceptors (Lipinski definition) is 6. The van der Waals surface area contributed by atoms with Gasteiger partial charge in [0, 0.05) is 19.6 Å². The summed E-state index contributed by atoms with van der Waals surface area (Å²) >= 11 is 0. The van der Waals surface area contributed by atoms with Crippen LogP contribution in [0.5, 0.6) is 5.75 Å². The Hall–Kier alpha value is -1.63. The van der Waals surface area contributed by atoms with Gasteiger partial charge in [-0.3, -0.25) is 4.79 Å². The van der Waals surface area contributed by atoms with Crippen LogP contribution in [0.15, 0.2) is 24.3 Å². The van der Waals surface area contributed by atoms with Crippen molar-refractivity contribution in [2.24, 2.45) is 5.73 Å². The van der Waals surface area contributed by atoms with Crippen LogP contribution in [0.2, 0.25) is 0 Å². The highest BCUT2D eigenvalue weighted by molar-refractivity contribution is 5.69. The standard InChI is InChI=1S/C15H24N2O4/c1-17(7-6-15(19)20-2)10-13(18)11-21-14-5-3-4-12(8-14)9-16/h3-5,8,13,18H,6-7,9-11,16H2,1-2H3. The van der Waals surface area contributed by atoms with E-state index in [0.29, 0.717) is 31.8 Å². The van der Waals surface area contributed by atoms with Crippen LogP contribution >= 0.6 is 0 Å². The first-order chi connectivity index (χ1) is 10.0. The van der Waals surface area contributed by atoms with Crippen LogP contribution in [0.1, 0.15) is 12.0 Å². The highest BCUT2D eigenvalue weighted by Gasteiger charge is 2.11. The maximum atomic E-state index is 11.0. The smallest absolute Gasteiger partial charge is 0.306 e. The van der Waals surface area contributed by atoms with Gasteiger partial charge < -0.3 is 25.2 Å². The predicted molar refractivity (Wildman–Crippen MR) is 80.0 cm³/mol. The van der Waals surface area contributed by atoms with Crippen molar-refractivity contribution in [1.82, 2.24) is 4.90 Å². The summed E-state index contributed by atoms with van der Waals surface area (Å²) in [7, 11) is 3.20. The van der Waals surface area contributed by atoms with E-state index in [1.807, 2.05) is 36.2 Å². The molecule has 3 N–H and O–H groups in total. The molecule has 1 unspecified atom stereocenters. The summed E-state index contributed by atoms with van der Waals surface area (Å²) in [4.78, 5) is 12.9. The van der Waals surface area contributed by atoms with Crippen molar-refractivity contribution in [3.63, 3.8) is 0 Å². The Bertz CT molecular complexity index is 439. The van der Waals surface area contributed by atoms with Gasteiger partial charge >= 0.3 is 5.97 Å². The van der Waals surface area contributed by atoms with E-state index < -0.39 is 6.10 Å². The number of aliphatic hydroxyl groups excluding tert-OH is 1. The lowest BCUT2D eigenvalue weighted by Crippen LogP contribution is -2.34. The fraction of sp³-hybridized carbons (Fsp3) is 0.533. The van der Waals surface area contributed by atoms with E-state index in [0.717, 1.165) is 5.56 Å². The molecule has 0 saturated heterocycles. The summed E-state index contributed by atoms with van der Waals surface area (Å²) in [5.41, 5.74) is 6.54. The molecule has 0 bridgehead atoms. The second-order valence-corrected chi connectivity index (χ2v) is 4.90. The Kier molecular flexibility index (Phi) is 7.74. The van der Waals surface area contributed by atoms with E-state index in [1.54, 1.807) is 0 Å². The lowest BCUT2D eigenvalue weighted by Gasteiger charge is -2.20. The highest BCUT2D eigenvalue weighted by Crippen LogP contribution is 2.13. The van der Waals surface area contributed by atoms with Crippen LogP contribution in [0.4, 0.5) is 0 Å². The zero-order valence-corrected chi connectivity index (χ0v) is 12.6. The van der Waals surface area contributed by atoms with Gasteiger partial charge in [-0.15, -0.1) is 0 Å². The van der Waals surface area contributed by atoms with Crippen molar-refractivity contribution < 1.29 is 19.4 Å². The fourth-order valence-corrected chi connectivity index (χ4v) is 1.84. The molecule has 1 rings (SSSR count). The molecule has 0 heterocycles. The zero-order chi connectivity index (χ0) is 15.7. The molecule has 21 heavy (non-hydrogen) atoms. The van der Waals surface area contributed by atoms with Gasteiger partial charge in [-0.05, 0) is 24.7 Å². The number of hydrogen-bond donors (Lipinski definition) is 2. The van der Waals surface area contributed by atoms with E-state index in [1.165, 1.54) is 7.11 Å². The van der Waals surface area contributed by atoms with Crippen LogP contribution in [-0.4, -0.2) is 55.9 Å².